The standard InChI is InChI=1S/C11H18O8/c12-6-7(13)9(10(15)16)19-11(8(6)14)18-5-3-1-2-4-17-5/h5-9,11-14H,1-4H2,(H,15,16)/t5?,6-,7-,8+,9-,11?/m0/s1. The van der Waals surface area contributed by atoms with Crippen molar-refractivity contribution in [3.05, 3.63) is 0 Å². The molecular formula is C11H18O8. The molecule has 0 bridgehead atoms. The maximum atomic E-state index is 10.9. The van der Waals surface area contributed by atoms with Gasteiger partial charge in [-0.2, -0.15) is 0 Å². The lowest BCUT2D eigenvalue weighted by molar-refractivity contribution is -0.334. The average molecular weight is 278 g/mol. The predicted molar refractivity (Wildman–Crippen MR) is 59.0 cm³/mol. The van der Waals surface area contributed by atoms with E-state index in [1.54, 1.807) is 0 Å². The number of rotatable bonds is 3. The Morgan fingerprint density at radius 1 is 1.11 bits per heavy atom. The minimum atomic E-state index is -1.71. The fraction of sp³-hybridized carbons (Fsp3) is 0.909. The third-order valence-electron chi connectivity index (χ3n) is 3.24. The van der Waals surface area contributed by atoms with Crippen LogP contribution in [0.25, 0.3) is 0 Å². The van der Waals surface area contributed by atoms with Gasteiger partial charge < -0.3 is 34.6 Å². The van der Waals surface area contributed by atoms with Crippen LogP contribution in [0.3, 0.4) is 0 Å². The molecule has 0 aromatic carbocycles. The summed E-state index contributed by atoms with van der Waals surface area (Å²) < 4.78 is 15.6. The van der Waals surface area contributed by atoms with Crippen LogP contribution in [0.2, 0.25) is 0 Å². The molecule has 0 saturated carbocycles. The molecule has 8 heteroatoms. The van der Waals surface area contributed by atoms with Gasteiger partial charge in [0.15, 0.2) is 18.7 Å². The SMILES string of the molecule is O=C(O)[C@H]1OC(OC2CCCCO2)[C@H](O)[C@@H](O)[C@@H]1O. The summed E-state index contributed by atoms with van der Waals surface area (Å²) in [6.07, 6.45) is -6.09. The molecule has 0 spiro atoms. The lowest BCUT2D eigenvalue weighted by Gasteiger charge is -2.40. The third kappa shape index (κ3) is 3.22. The van der Waals surface area contributed by atoms with Gasteiger partial charge in [0, 0.05) is 6.61 Å². The van der Waals surface area contributed by atoms with Crippen molar-refractivity contribution in [2.45, 2.75) is 56.3 Å². The van der Waals surface area contributed by atoms with Gasteiger partial charge in [-0.3, -0.25) is 0 Å². The van der Waals surface area contributed by atoms with Gasteiger partial charge >= 0.3 is 5.97 Å². The number of hydrogen-bond donors (Lipinski definition) is 4. The molecule has 8 nitrogen and oxygen atoms in total. The first-order chi connectivity index (χ1) is 9.00. The van der Waals surface area contributed by atoms with E-state index in [9.17, 15) is 20.1 Å². The molecule has 110 valence electrons. The van der Waals surface area contributed by atoms with Crippen LogP contribution < -0.4 is 0 Å². The van der Waals surface area contributed by atoms with E-state index in [1.165, 1.54) is 0 Å². The van der Waals surface area contributed by atoms with Gasteiger partial charge in [0.2, 0.25) is 0 Å². The van der Waals surface area contributed by atoms with Gasteiger partial charge in [0.05, 0.1) is 0 Å². The van der Waals surface area contributed by atoms with E-state index in [1.807, 2.05) is 0 Å². The van der Waals surface area contributed by atoms with Crippen LogP contribution in [0.4, 0.5) is 0 Å². The van der Waals surface area contributed by atoms with Crippen LogP contribution >= 0.6 is 0 Å². The summed E-state index contributed by atoms with van der Waals surface area (Å²) in [6.45, 7) is 0.515. The van der Waals surface area contributed by atoms with E-state index < -0.39 is 43.0 Å². The van der Waals surface area contributed by atoms with Crippen LogP contribution in [0.1, 0.15) is 19.3 Å². The summed E-state index contributed by atoms with van der Waals surface area (Å²) in [5, 5.41) is 37.7. The molecule has 2 saturated heterocycles. The summed E-state index contributed by atoms with van der Waals surface area (Å²) in [6, 6.07) is 0. The van der Waals surface area contributed by atoms with Crippen LogP contribution in [0.15, 0.2) is 0 Å². The Morgan fingerprint density at radius 3 is 2.42 bits per heavy atom. The molecule has 2 fully saturated rings. The highest BCUT2D eigenvalue weighted by molar-refractivity contribution is 5.73. The normalized spacial score (nSPS) is 43.9. The Balaban J connectivity index is 2.00. The molecule has 0 aromatic heterocycles. The maximum absolute atomic E-state index is 10.9. The van der Waals surface area contributed by atoms with Crippen molar-refractivity contribution in [3.63, 3.8) is 0 Å². The van der Waals surface area contributed by atoms with Crippen molar-refractivity contribution in [1.82, 2.24) is 0 Å². The first-order valence-electron chi connectivity index (χ1n) is 6.20. The van der Waals surface area contributed by atoms with Gasteiger partial charge in [-0.25, -0.2) is 4.79 Å². The van der Waals surface area contributed by atoms with Crippen molar-refractivity contribution in [2.75, 3.05) is 6.61 Å². The summed E-state index contributed by atoms with van der Waals surface area (Å²) >= 11 is 0. The molecule has 19 heavy (non-hydrogen) atoms. The largest absolute Gasteiger partial charge is 0.479 e. The topological polar surface area (TPSA) is 126 Å². The monoisotopic (exact) mass is 278 g/mol. The number of carboxylic acid groups (broad SMARTS) is 1. The van der Waals surface area contributed by atoms with Crippen molar-refractivity contribution >= 4 is 5.97 Å². The number of hydrogen-bond acceptors (Lipinski definition) is 7. The van der Waals surface area contributed by atoms with Gasteiger partial charge in [-0.05, 0) is 19.3 Å². The Kier molecular flexibility index (Phi) is 4.71. The predicted octanol–water partition coefficient (Wildman–Crippen LogP) is -1.58. The van der Waals surface area contributed by atoms with E-state index >= 15 is 0 Å². The van der Waals surface area contributed by atoms with E-state index in [0.29, 0.717) is 13.0 Å². The highest BCUT2D eigenvalue weighted by Crippen LogP contribution is 2.25. The Labute approximate surface area is 109 Å². The molecule has 2 rings (SSSR count). The second-order valence-electron chi connectivity index (χ2n) is 4.67. The van der Waals surface area contributed by atoms with E-state index in [-0.39, 0.29) is 0 Å². The zero-order chi connectivity index (χ0) is 14.0. The van der Waals surface area contributed by atoms with E-state index in [0.717, 1.165) is 12.8 Å². The van der Waals surface area contributed by atoms with E-state index in [2.05, 4.69) is 0 Å². The van der Waals surface area contributed by atoms with Crippen LogP contribution in [-0.4, -0.2) is 70.0 Å². The number of aliphatic hydroxyl groups is 3. The smallest absolute Gasteiger partial charge is 0.335 e. The molecule has 2 aliphatic heterocycles. The molecule has 2 heterocycles. The molecule has 2 unspecified atom stereocenters. The molecule has 0 amide bonds. The summed E-state index contributed by atoms with van der Waals surface area (Å²) in [7, 11) is 0. The fourth-order valence-electron chi connectivity index (χ4n) is 2.13. The number of carboxylic acids is 1. The first-order valence-corrected chi connectivity index (χ1v) is 6.20. The summed E-state index contributed by atoms with van der Waals surface area (Å²) in [4.78, 5) is 10.9. The Morgan fingerprint density at radius 2 is 1.84 bits per heavy atom. The lowest BCUT2D eigenvalue weighted by Crippen LogP contribution is -2.61. The third-order valence-corrected chi connectivity index (χ3v) is 3.24. The molecule has 0 aliphatic carbocycles. The molecule has 0 radical (unpaired) electrons. The van der Waals surface area contributed by atoms with Crippen LogP contribution in [0.5, 0.6) is 0 Å². The minimum Gasteiger partial charge on any atom is -0.479 e. The first kappa shape index (κ1) is 14.6. The zero-order valence-corrected chi connectivity index (χ0v) is 10.2. The molecule has 4 N–H and O–H groups in total. The lowest BCUT2D eigenvalue weighted by atomic mass is 9.99. The van der Waals surface area contributed by atoms with Crippen molar-refractivity contribution in [1.29, 1.82) is 0 Å². The minimum absolute atomic E-state index is 0.515. The second-order valence-corrected chi connectivity index (χ2v) is 4.67. The Bertz CT molecular complexity index is 316. The van der Waals surface area contributed by atoms with Gasteiger partial charge in [-0.15, -0.1) is 0 Å². The molecule has 0 aromatic rings. The van der Waals surface area contributed by atoms with Gasteiger partial charge in [-0.1, -0.05) is 0 Å². The number of ether oxygens (including phenoxy) is 3. The maximum Gasteiger partial charge on any atom is 0.335 e. The van der Waals surface area contributed by atoms with Gasteiger partial charge in [0.1, 0.15) is 18.3 Å². The van der Waals surface area contributed by atoms with E-state index in [4.69, 9.17) is 19.3 Å². The molecular weight excluding hydrogens is 260 g/mol. The van der Waals surface area contributed by atoms with Crippen molar-refractivity contribution in [2.24, 2.45) is 0 Å². The Hall–Kier alpha value is -0.770. The molecule has 2 aliphatic rings. The summed E-state index contributed by atoms with van der Waals surface area (Å²) in [5.41, 5.74) is 0. The quantitative estimate of drug-likeness (QED) is 0.487. The highest BCUT2D eigenvalue weighted by atomic mass is 16.8. The second kappa shape index (κ2) is 6.12. The number of aliphatic hydroxyl groups excluding tert-OH is 3. The number of carbonyl (C=O) groups is 1. The van der Waals surface area contributed by atoms with Crippen LogP contribution in [-0.2, 0) is 19.0 Å². The zero-order valence-electron chi connectivity index (χ0n) is 10.2. The van der Waals surface area contributed by atoms with Crippen molar-refractivity contribution in [3.8, 4) is 0 Å². The van der Waals surface area contributed by atoms with Gasteiger partial charge in [0.25, 0.3) is 0 Å². The molecule has 6 atom stereocenters. The number of aliphatic carboxylic acids is 1. The fourth-order valence-corrected chi connectivity index (χ4v) is 2.13. The average Bonchev–Trinajstić information content (AvgIpc) is 2.40. The van der Waals surface area contributed by atoms with Crippen LogP contribution in [0, 0.1) is 0 Å². The highest BCUT2D eigenvalue weighted by Gasteiger charge is 2.48. The van der Waals surface area contributed by atoms with Crippen molar-refractivity contribution < 1.29 is 39.4 Å². The summed E-state index contributed by atoms with van der Waals surface area (Å²) in [5.74, 6) is -1.43.